The van der Waals surface area contributed by atoms with Gasteiger partial charge in [-0.1, -0.05) is 27.7 Å². The average Bonchev–Trinajstić information content (AvgIpc) is 2.42. The minimum atomic E-state index is -0.194. The van der Waals surface area contributed by atoms with E-state index in [1.165, 1.54) is 0 Å². The maximum atomic E-state index is 14.0. The molecule has 0 spiro atoms. The smallest absolute Gasteiger partial charge is 0.165 e. The normalized spacial score (nSPS) is 16.3. The fourth-order valence-corrected chi connectivity index (χ4v) is 2.01. The minimum Gasteiger partial charge on any atom is -0.352 e. The Morgan fingerprint density at radius 2 is 1.74 bits per heavy atom. The lowest BCUT2D eigenvalue weighted by Gasteiger charge is -2.33. The Morgan fingerprint density at radius 3 is 2.21 bits per heavy atom. The topological polar surface area (TPSA) is 19.4 Å². The molecule has 1 aliphatic heterocycles. The van der Waals surface area contributed by atoms with Gasteiger partial charge in [0.15, 0.2) is 11.6 Å². The van der Waals surface area contributed by atoms with Crippen LogP contribution in [0.3, 0.4) is 0 Å². The van der Waals surface area contributed by atoms with Crippen molar-refractivity contribution in [2.75, 3.05) is 38.1 Å². The van der Waals surface area contributed by atoms with Gasteiger partial charge in [0.1, 0.15) is 0 Å². The van der Waals surface area contributed by atoms with Gasteiger partial charge in [-0.25, -0.2) is 9.37 Å². The monoisotopic (exact) mass is 267 g/mol. The predicted molar refractivity (Wildman–Crippen MR) is 79.3 cm³/mol. The fourth-order valence-electron chi connectivity index (χ4n) is 2.01. The van der Waals surface area contributed by atoms with Crippen LogP contribution < -0.4 is 4.90 Å². The molecule has 19 heavy (non-hydrogen) atoms. The molecule has 1 saturated heterocycles. The van der Waals surface area contributed by atoms with E-state index >= 15 is 0 Å². The van der Waals surface area contributed by atoms with E-state index in [9.17, 15) is 4.39 Å². The number of likely N-dealkylation sites (N-methyl/N-ethyl adjacent to an activating group) is 1. The summed E-state index contributed by atoms with van der Waals surface area (Å²) in [4.78, 5) is 8.55. The molecule has 0 amide bonds. The number of pyridine rings is 1. The van der Waals surface area contributed by atoms with Crippen molar-refractivity contribution in [1.82, 2.24) is 9.88 Å². The van der Waals surface area contributed by atoms with Gasteiger partial charge in [-0.05, 0) is 24.6 Å². The number of hydrogen-bond acceptors (Lipinski definition) is 3. The SMILES string of the molecule is CC.CC(C)c1cnc(N2CCN(C)CC2)c(F)c1. The van der Waals surface area contributed by atoms with Crippen molar-refractivity contribution in [3.63, 3.8) is 0 Å². The van der Waals surface area contributed by atoms with Gasteiger partial charge in [0.25, 0.3) is 0 Å². The van der Waals surface area contributed by atoms with Gasteiger partial charge in [0.2, 0.25) is 0 Å². The van der Waals surface area contributed by atoms with E-state index < -0.39 is 0 Å². The molecule has 1 aromatic heterocycles. The molecular formula is C15H26FN3. The van der Waals surface area contributed by atoms with Crippen LogP contribution in [-0.4, -0.2) is 43.1 Å². The van der Waals surface area contributed by atoms with Crippen LogP contribution in [0, 0.1) is 5.82 Å². The minimum absolute atomic E-state index is 0.194. The number of piperazine rings is 1. The number of nitrogens with zero attached hydrogens (tertiary/aromatic N) is 3. The molecule has 0 bridgehead atoms. The first kappa shape index (κ1) is 15.9. The van der Waals surface area contributed by atoms with E-state index in [-0.39, 0.29) is 5.82 Å². The maximum Gasteiger partial charge on any atom is 0.165 e. The first-order valence-electron chi connectivity index (χ1n) is 7.17. The summed E-state index contributed by atoms with van der Waals surface area (Å²) in [6.07, 6.45) is 1.79. The first-order valence-corrected chi connectivity index (χ1v) is 7.17. The summed E-state index contributed by atoms with van der Waals surface area (Å²) in [5, 5.41) is 0. The number of hydrogen-bond donors (Lipinski definition) is 0. The second kappa shape index (κ2) is 7.43. The standard InChI is InChI=1S/C13H20FN3.C2H6/c1-10(2)11-8-12(14)13(15-9-11)17-6-4-16(3)5-7-17;1-2/h8-10H,4-7H2,1-3H3;1-2H3. The molecule has 1 aliphatic rings. The molecule has 1 fully saturated rings. The Morgan fingerprint density at radius 1 is 1.16 bits per heavy atom. The highest BCUT2D eigenvalue weighted by atomic mass is 19.1. The van der Waals surface area contributed by atoms with Crippen LogP contribution in [0.1, 0.15) is 39.2 Å². The van der Waals surface area contributed by atoms with Gasteiger partial charge in [-0.2, -0.15) is 0 Å². The average molecular weight is 267 g/mol. The van der Waals surface area contributed by atoms with Gasteiger partial charge in [0, 0.05) is 32.4 Å². The molecule has 3 nitrogen and oxygen atoms in total. The molecule has 0 saturated carbocycles. The third kappa shape index (κ3) is 4.16. The highest BCUT2D eigenvalue weighted by Crippen LogP contribution is 2.22. The Bertz CT molecular complexity index is 385. The Hall–Kier alpha value is -1.16. The lowest BCUT2D eigenvalue weighted by molar-refractivity contribution is 0.310. The first-order chi connectivity index (χ1) is 9.08. The Balaban J connectivity index is 0.000000861. The van der Waals surface area contributed by atoms with Gasteiger partial charge >= 0.3 is 0 Å². The second-order valence-electron chi connectivity index (χ2n) is 5.02. The zero-order valence-electron chi connectivity index (χ0n) is 12.8. The van der Waals surface area contributed by atoms with E-state index in [1.807, 2.05) is 32.6 Å². The molecule has 0 radical (unpaired) electrons. The lowest BCUT2D eigenvalue weighted by Crippen LogP contribution is -2.45. The second-order valence-corrected chi connectivity index (χ2v) is 5.02. The van der Waals surface area contributed by atoms with Crippen LogP contribution in [0.15, 0.2) is 12.3 Å². The van der Waals surface area contributed by atoms with E-state index in [2.05, 4.69) is 16.9 Å². The van der Waals surface area contributed by atoms with Gasteiger partial charge in [-0.3, -0.25) is 0 Å². The van der Waals surface area contributed by atoms with Gasteiger partial charge in [-0.15, -0.1) is 0 Å². The third-order valence-corrected chi connectivity index (χ3v) is 3.31. The molecule has 1 aromatic rings. The fraction of sp³-hybridized carbons (Fsp3) is 0.667. The summed E-state index contributed by atoms with van der Waals surface area (Å²) < 4.78 is 14.0. The van der Waals surface area contributed by atoms with Crippen LogP contribution in [0.2, 0.25) is 0 Å². The molecule has 0 N–H and O–H groups in total. The summed E-state index contributed by atoms with van der Waals surface area (Å²) in [5.74, 6) is 0.627. The predicted octanol–water partition coefficient (Wildman–Crippen LogP) is 3.12. The van der Waals surface area contributed by atoms with Crippen LogP contribution in [0.25, 0.3) is 0 Å². The number of aromatic nitrogens is 1. The van der Waals surface area contributed by atoms with Crippen molar-refractivity contribution in [3.8, 4) is 0 Å². The van der Waals surface area contributed by atoms with Crippen molar-refractivity contribution in [1.29, 1.82) is 0 Å². The lowest BCUT2D eigenvalue weighted by atomic mass is 10.1. The molecule has 0 aliphatic carbocycles. The molecule has 108 valence electrons. The van der Waals surface area contributed by atoms with Crippen molar-refractivity contribution in [2.24, 2.45) is 0 Å². The number of halogens is 1. The highest BCUT2D eigenvalue weighted by Gasteiger charge is 2.18. The molecule has 0 unspecified atom stereocenters. The molecule has 4 heteroatoms. The number of anilines is 1. The van der Waals surface area contributed by atoms with E-state index in [0.717, 1.165) is 31.7 Å². The molecule has 0 aromatic carbocycles. The van der Waals surface area contributed by atoms with Crippen molar-refractivity contribution in [2.45, 2.75) is 33.6 Å². The molecule has 2 rings (SSSR count). The van der Waals surface area contributed by atoms with Crippen LogP contribution >= 0.6 is 0 Å². The third-order valence-electron chi connectivity index (χ3n) is 3.31. The van der Waals surface area contributed by atoms with E-state index in [0.29, 0.717) is 11.7 Å². The van der Waals surface area contributed by atoms with E-state index in [1.54, 1.807) is 12.3 Å². The largest absolute Gasteiger partial charge is 0.352 e. The summed E-state index contributed by atoms with van der Waals surface area (Å²) in [6.45, 7) is 11.7. The summed E-state index contributed by atoms with van der Waals surface area (Å²) in [7, 11) is 2.09. The number of rotatable bonds is 2. The van der Waals surface area contributed by atoms with Crippen LogP contribution in [-0.2, 0) is 0 Å². The van der Waals surface area contributed by atoms with Gasteiger partial charge in [0.05, 0.1) is 0 Å². The maximum absolute atomic E-state index is 14.0. The van der Waals surface area contributed by atoms with Crippen molar-refractivity contribution >= 4 is 5.82 Å². The molecular weight excluding hydrogens is 241 g/mol. The Kier molecular flexibility index (Phi) is 6.22. The van der Waals surface area contributed by atoms with Gasteiger partial charge < -0.3 is 9.80 Å². The van der Waals surface area contributed by atoms with Crippen molar-refractivity contribution in [3.05, 3.63) is 23.6 Å². The highest BCUT2D eigenvalue weighted by molar-refractivity contribution is 5.42. The summed E-state index contributed by atoms with van der Waals surface area (Å²) >= 11 is 0. The van der Waals surface area contributed by atoms with Crippen LogP contribution in [0.4, 0.5) is 10.2 Å². The molecule has 0 atom stereocenters. The summed E-state index contributed by atoms with van der Waals surface area (Å²) in [6, 6.07) is 1.62. The molecule has 2 heterocycles. The zero-order chi connectivity index (χ0) is 14.4. The van der Waals surface area contributed by atoms with Crippen molar-refractivity contribution < 1.29 is 4.39 Å². The van der Waals surface area contributed by atoms with Crippen LogP contribution in [0.5, 0.6) is 0 Å². The zero-order valence-corrected chi connectivity index (χ0v) is 12.8. The Labute approximate surface area is 116 Å². The quantitative estimate of drug-likeness (QED) is 0.820. The van der Waals surface area contributed by atoms with E-state index in [4.69, 9.17) is 0 Å². The summed E-state index contributed by atoms with van der Waals surface area (Å²) in [5.41, 5.74) is 0.959.